The van der Waals surface area contributed by atoms with Crippen molar-refractivity contribution in [3.8, 4) is 11.1 Å². The van der Waals surface area contributed by atoms with Gasteiger partial charge < -0.3 is 10.6 Å². The van der Waals surface area contributed by atoms with Gasteiger partial charge in [-0.2, -0.15) is 5.10 Å². The minimum atomic E-state index is -0.200. The van der Waals surface area contributed by atoms with Gasteiger partial charge >= 0.3 is 0 Å². The van der Waals surface area contributed by atoms with E-state index in [-0.39, 0.29) is 18.0 Å². The smallest absolute Gasteiger partial charge is 0.275 e. The molecule has 2 aromatic carbocycles. The first-order chi connectivity index (χ1) is 19.4. The molecule has 4 aromatic rings. The lowest BCUT2D eigenvalue weighted by atomic mass is 9.95. The van der Waals surface area contributed by atoms with E-state index in [1.54, 1.807) is 24.7 Å². The largest absolute Gasteiger partial charge is 0.387 e. The van der Waals surface area contributed by atoms with Gasteiger partial charge in [0.25, 0.3) is 5.56 Å². The van der Waals surface area contributed by atoms with Gasteiger partial charge in [-0.05, 0) is 66.8 Å². The number of hydrogen-bond acceptors (Lipinski definition) is 7. The number of nitrogens with zero attached hydrogens (tertiary/aromatic N) is 6. The van der Waals surface area contributed by atoms with Gasteiger partial charge in [-0.25, -0.2) is 19.6 Å². The summed E-state index contributed by atoms with van der Waals surface area (Å²) in [5.41, 5.74) is 11.3. The van der Waals surface area contributed by atoms with Crippen molar-refractivity contribution in [1.29, 1.82) is 0 Å². The average Bonchev–Trinajstić information content (AvgIpc) is 3.13. The monoisotopic (exact) mass is 535 g/mol. The summed E-state index contributed by atoms with van der Waals surface area (Å²) >= 11 is 0. The molecule has 1 aliphatic heterocycles. The molecule has 3 heterocycles. The van der Waals surface area contributed by atoms with Crippen molar-refractivity contribution < 1.29 is 4.79 Å². The van der Waals surface area contributed by atoms with E-state index in [0.717, 1.165) is 46.2 Å². The first-order valence-corrected chi connectivity index (χ1v) is 13.6. The Morgan fingerprint density at radius 2 is 1.80 bits per heavy atom. The zero-order chi connectivity index (χ0) is 28.2. The third kappa shape index (κ3) is 5.54. The van der Waals surface area contributed by atoms with Crippen LogP contribution in [0.3, 0.4) is 0 Å². The second-order valence-electron chi connectivity index (χ2n) is 10.0. The third-order valence-electron chi connectivity index (χ3n) is 6.96. The van der Waals surface area contributed by atoms with Gasteiger partial charge in [0.1, 0.15) is 18.2 Å². The van der Waals surface area contributed by atoms with E-state index >= 15 is 0 Å². The predicted octanol–water partition coefficient (Wildman–Crippen LogP) is 4.63. The molecule has 2 N–H and O–H groups in total. The standard InChI is InChI=1S/C31H33N7O2/c1-4-11-37(12-5-2)30(39)23-15-26-20(3)13-22(16-27(26)36-28(32)17-23)21-7-8-25-24(14-21)18-35-38(31(25)40)19-29-33-9-6-10-34-29/h6-10,13-16,18H,4-5,11-12,17,19H2,1-3H3,(H2,32,36). The third-order valence-corrected chi connectivity index (χ3v) is 6.96. The molecule has 9 heteroatoms. The van der Waals surface area contributed by atoms with Gasteiger partial charge in [-0.3, -0.25) is 9.59 Å². The summed E-state index contributed by atoms with van der Waals surface area (Å²) in [6.45, 7) is 7.80. The van der Waals surface area contributed by atoms with Crippen molar-refractivity contribution in [3.63, 3.8) is 0 Å². The van der Waals surface area contributed by atoms with Crippen LogP contribution in [0.1, 0.15) is 50.1 Å². The number of fused-ring (bicyclic) bond motifs is 2. The van der Waals surface area contributed by atoms with E-state index in [4.69, 9.17) is 10.7 Å². The summed E-state index contributed by atoms with van der Waals surface area (Å²) in [4.78, 5) is 41.4. The molecule has 0 radical (unpaired) electrons. The Balaban J connectivity index is 1.50. The fourth-order valence-electron chi connectivity index (χ4n) is 5.06. The highest BCUT2D eigenvalue weighted by Gasteiger charge is 2.22. The Morgan fingerprint density at radius 1 is 1.05 bits per heavy atom. The highest BCUT2D eigenvalue weighted by molar-refractivity contribution is 6.06. The van der Waals surface area contributed by atoms with E-state index in [0.29, 0.717) is 42.1 Å². The quantitative estimate of drug-likeness (QED) is 0.351. The second kappa shape index (κ2) is 11.6. The molecule has 0 aliphatic carbocycles. The van der Waals surface area contributed by atoms with E-state index in [1.165, 1.54) is 4.68 Å². The molecule has 0 fully saturated rings. The SMILES string of the molecule is CCCN(CCC)C(=O)C1=Cc2c(C)cc(-c3ccc4c(=O)n(Cc5ncccn5)ncc4c3)cc2N=C(N)C1. The number of amidine groups is 1. The number of amides is 1. The minimum absolute atomic E-state index is 0.0182. The predicted molar refractivity (Wildman–Crippen MR) is 158 cm³/mol. The van der Waals surface area contributed by atoms with Crippen LogP contribution in [0.4, 0.5) is 5.69 Å². The van der Waals surface area contributed by atoms with Crippen molar-refractivity contribution in [2.75, 3.05) is 13.1 Å². The first kappa shape index (κ1) is 26.9. The molecule has 0 saturated heterocycles. The van der Waals surface area contributed by atoms with Crippen LogP contribution in [0.25, 0.3) is 28.0 Å². The molecule has 1 amide bonds. The summed E-state index contributed by atoms with van der Waals surface area (Å²) in [5.74, 6) is 0.953. The van der Waals surface area contributed by atoms with Gasteiger partial charge in [-0.15, -0.1) is 0 Å². The summed E-state index contributed by atoms with van der Waals surface area (Å²) < 4.78 is 1.37. The lowest BCUT2D eigenvalue weighted by Gasteiger charge is -2.22. The minimum Gasteiger partial charge on any atom is -0.387 e. The number of rotatable bonds is 8. The number of benzene rings is 2. The number of aliphatic imine (C=N–C) groups is 1. The molecule has 0 unspecified atom stereocenters. The summed E-state index contributed by atoms with van der Waals surface area (Å²) in [6, 6.07) is 11.5. The molecule has 204 valence electrons. The summed E-state index contributed by atoms with van der Waals surface area (Å²) in [5, 5.41) is 5.66. The highest BCUT2D eigenvalue weighted by Crippen LogP contribution is 2.35. The van der Waals surface area contributed by atoms with Crippen molar-refractivity contribution in [3.05, 3.63) is 87.9 Å². The highest BCUT2D eigenvalue weighted by atomic mass is 16.2. The average molecular weight is 536 g/mol. The summed E-state index contributed by atoms with van der Waals surface area (Å²) in [7, 11) is 0. The van der Waals surface area contributed by atoms with Crippen LogP contribution in [0, 0.1) is 6.92 Å². The van der Waals surface area contributed by atoms with Crippen molar-refractivity contribution >= 4 is 34.3 Å². The van der Waals surface area contributed by atoms with E-state index in [9.17, 15) is 9.59 Å². The maximum absolute atomic E-state index is 13.4. The van der Waals surface area contributed by atoms with E-state index < -0.39 is 0 Å². The van der Waals surface area contributed by atoms with Crippen LogP contribution in [0.15, 0.2) is 70.3 Å². The molecule has 0 atom stereocenters. The van der Waals surface area contributed by atoms with E-state index in [2.05, 4.69) is 35.0 Å². The Hall–Kier alpha value is -4.66. The lowest BCUT2D eigenvalue weighted by molar-refractivity contribution is -0.127. The fourth-order valence-corrected chi connectivity index (χ4v) is 5.06. The molecule has 0 spiro atoms. The second-order valence-corrected chi connectivity index (χ2v) is 10.0. The number of carbonyl (C=O) groups excluding carboxylic acids is 1. The fraction of sp³-hybridized carbons (Fsp3) is 0.290. The first-order valence-electron chi connectivity index (χ1n) is 13.6. The van der Waals surface area contributed by atoms with Crippen LogP contribution in [0.2, 0.25) is 0 Å². The molecule has 0 saturated carbocycles. The van der Waals surface area contributed by atoms with Gasteiger partial charge in [0.05, 0.1) is 17.3 Å². The van der Waals surface area contributed by atoms with Crippen LogP contribution >= 0.6 is 0 Å². The molecular weight excluding hydrogens is 502 g/mol. The van der Waals surface area contributed by atoms with Crippen molar-refractivity contribution in [2.24, 2.45) is 10.7 Å². The normalized spacial score (nSPS) is 12.9. The molecule has 5 rings (SSSR count). The zero-order valence-corrected chi connectivity index (χ0v) is 23.1. The van der Waals surface area contributed by atoms with Crippen LogP contribution in [-0.2, 0) is 11.3 Å². The molecule has 1 aliphatic rings. The molecule has 9 nitrogen and oxygen atoms in total. The van der Waals surface area contributed by atoms with Crippen molar-refractivity contribution in [2.45, 2.75) is 46.6 Å². The Morgan fingerprint density at radius 3 is 2.52 bits per heavy atom. The van der Waals surface area contributed by atoms with Gasteiger partial charge in [0.15, 0.2) is 0 Å². The maximum atomic E-state index is 13.4. The lowest BCUT2D eigenvalue weighted by Crippen LogP contribution is -2.34. The number of hydrogen-bond donors (Lipinski definition) is 1. The number of nitrogens with two attached hydrogens (primary N) is 1. The molecular formula is C31H33N7O2. The number of aryl methyl sites for hydroxylation is 1. The topological polar surface area (TPSA) is 119 Å². The molecule has 0 bridgehead atoms. The number of aromatic nitrogens is 4. The molecule has 2 aromatic heterocycles. The zero-order valence-electron chi connectivity index (χ0n) is 23.1. The van der Waals surface area contributed by atoms with Crippen LogP contribution in [0.5, 0.6) is 0 Å². The van der Waals surface area contributed by atoms with Crippen molar-refractivity contribution in [1.82, 2.24) is 24.6 Å². The number of carbonyl (C=O) groups is 1. The maximum Gasteiger partial charge on any atom is 0.275 e. The van der Waals surface area contributed by atoms with E-state index in [1.807, 2.05) is 42.2 Å². The van der Waals surface area contributed by atoms with Gasteiger partial charge in [-0.1, -0.05) is 26.0 Å². The van der Waals surface area contributed by atoms with Crippen LogP contribution in [-0.4, -0.2) is 49.5 Å². The Labute approximate surface area is 233 Å². The van der Waals surface area contributed by atoms with Gasteiger partial charge in [0, 0.05) is 48.4 Å². The Kier molecular flexibility index (Phi) is 7.82. The summed E-state index contributed by atoms with van der Waals surface area (Å²) in [6.07, 6.45) is 9.03. The molecule has 40 heavy (non-hydrogen) atoms. The van der Waals surface area contributed by atoms with Crippen LogP contribution < -0.4 is 11.3 Å². The Bertz CT molecular complexity index is 1680. The van der Waals surface area contributed by atoms with Gasteiger partial charge in [0.2, 0.25) is 5.91 Å².